The van der Waals surface area contributed by atoms with E-state index < -0.39 is 24.8 Å². The van der Waals surface area contributed by atoms with Crippen LogP contribution < -0.4 is 10.8 Å². The second kappa shape index (κ2) is 7.81. The third kappa shape index (κ3) is 7.10. The van der Waals surface area contributed by atoms with Gasteiger partial charge in [-0.25, -0.2) is 4.79 Å². The van der Waals surface area contributed by atoms with Crippen LogP contribution in [0.15, 0.2) is 24.3 Å². The van der Waals surface area contributed by atoms with Crippen molar-refractivity contribution < 1.29 is 29.1 Å². The second-order valence-corrected chi connectivity index (χ2v) is 5.63. The molecule has 0 aromatic heterocycles. The van der Waals surface area contributed by atoms with Gasteiger partial charge >= 0.3 is 19.2 Å². The molecular weight excluding hydrogens is 289 g/mol. The van der Waals surface area contributed by atoms with Crippen molar-refractivity contribution in [2.75, 3.05) is 6.54 Å². The van der Waals surface area contributed by atoms with Crippen molar-refractivity contribution in [3.63, 3.8) is 0 Å². The minimum atomic E-state index is -1.53. The Hall–Kier alpha value is -2.06. The molecule has 7 nitrogen and oxygen atoms in total. The zero-order valence-electron chi connectivity index (χ0n) is 12.8. The lowest BCUT2D eigenvalue weighted by molar-refractivity contribution is -0.143. The van der Waals surface area contributed by atoms with Crippen LogP contribution in [-0.2, 0) is 20.9 Å². The molecule has 1 amide bonds. The van der Waals surface area contributed by atoms with Gasteiger partial charge in [0.2, 0.25) is 0 Å². The highest BCUT2D eigenvalue weighted by Gasteiger charge is 2.17. The van der Waals surface area contributed by atoms with Gasteiger partial charge in [0.05, 0.1) is 0 Å². The Balaban J connectivity index is 2.32. The molecule has 8 heteroatoms. The Bertz CT molecular complexity index is 509. The number of ether oxygens (including phenoxy) is 2. The summed E-state index contributed by atoms with van der Waals surface area (Å²) in [6.45, 7) is 4.90. The van der Waals surface area contributed by atoms with Crippen LogP contribution in [0, 0.1) is 0 Å². The maximum atomic E-state index is 11.5. The van der Waals surface area contributed by atoms with Gasteiger partial charge < -0.3 is 24.8 Å². The molecule has 0 aliphatic rings. The first kappa shape index (κ1) is 18.0. The molecule has 0 bridgehead atoms. The summed E-state index contributed by atoms with van der Waals surface area (Å²) in [4.78, 5) is 22.8. The van der Waals surface area contributed by atoms with Gasteiger partial charge in [-0.1, -0.05) is 24.3 Å². The fourth-order valence-electron chi connectivity index (χ4n) is 1.46. The average molecular weight is 309 g/mol. The number of benzene rings is 1. The largest absolute Gasteiger partial charge is 0.488 e. The molecule has 3 N–H and O–H groups in total. The molecule has 1 rings (SSSR count). The van der Waals surface area contributed by atoms with E-state index in [1.54, 1.807) is 32.9 Å². The van der Waals surface area contributed by atoms with Crippen LogP contribution >= 0.6 is 0 Å². The van der Waals surface area contributed by atoms with Crippen molar-refractivity contribution in [1.82, 2.24) is 5.32 Å². The van der Waals surface area contributed by atoms with Crippen LogP contribution in [-0.4, -0.2) is 41.4 Å². The molecule has 0 saturated heterocycles. The van der Waals surface area contributed by atoms with Gasteiger partial charge in [0.1, 0.15) is 18.8 Å². The number of hydrogen-bond donors (Lipinski definition) is 3. The predicted molar refractivity (Wildman–Crippen MR) is 80.3 cm³/mol. The minimum absolute atomic E-state index is 0.0244. The van der Waals surface area contributed by atoms with Gasteiger partial charge in [-0.15, -0.1) is 0 Å². The number of carbonyl (C=O) groups is 2. The van der Waals surface area contributed by atoms with Gasteiger partial charge in [0.25, 0.3) is 0 Å². The first-order chi connectivity index (χ1) is 10.2. The van der Waals surface area contributed by atoms with E-state index in [0.717, 1.165) is 0 Å². The van der Waals surface area contributed by atoms with E-state index in [0.29, 0.717) is 11.0 Å². The lowest BCUT2D eigenvalue weighted by Gasteiger charge is -2.19. The maximum absolute atomic E-state index is 11.5. The van der Waals surface area contributed by atoms with Crippen molar-refractivity contribution in [1.29, 1.82) is 0 Å². The smallest absolute Gasteiger partial charge is 0.460 e. The number of alkyl carbamates (subject to hydrolysis) is 1. The number of nitrogens with one attached hydrogen (secondary N) is 1. The van der Waals surface area contributed by atoms with E-state index in [4.69, 9.17) is 19.5 Å². The summed E-state index contributed by atoms with van der Waals surface area (Å²) < 4.78 is 9.96. The van der Waals surface area contributed by atoms with Crippen molar-refractivity contribution in [2.45, 2.75) is 33.0 Å². The van der Waals surface area contributed by atoms with Gasteiger partial charge in [0, 0.05) is 0 Å². The molecule has 0 unspecified atom stereocenters. The summed E-state index contributed by atoms with van der Waals surface area (Å²) in [5.41, 5.74) is 0.407. The summed E-state index contributed by atoms with van der Waals surface area (Å²) in [5, 5.41) is 20.2. The van der Waals surface area contributed by atoms with E-state index in [-0.39, 0.29) is 13.2 Å². The van der Waals surface area contributed by atoms with Gasteiger partial charge in [-0.05, 0) is 31.8 Å². The fourth-order valence-corrected chi connectivity index (χ4v) is 1.46. The van der Waals surface area contributed by atoms with Gasteiger partial charge in [-0.2, -0.15) is 0 Å². The number of amides is 1. The van der Waals surface area contributed by atoms with Crippen molar-refractivity contribution >= 4 is 24.6 Å². The molecule has 0 aliphatic heterocycles. The Morgan fingerprint density at radius 2 is 1.77 bits per heavy atom. The first-order valence-corrected chi connectivity index (χ1v) is 6.75. The number of hydrogen-bond acceptors (Lipinski definition) is 6. The Kier molecular flexibility index (Phi) is 6.39. The number of esters is 1. The Labute approximate surface area is 129 Å². The number of rotatable bonds is 5. The Morgan fingerprint density at radius 3 is 2.27 bits per heavy atom. The molecule has 0 atom stereocenters. The normalized spacial score (nSPS) is 10.8. The zero-order chi connectivity index (χ0) is 16.8. The fraction of sp³-hybridized carbons (Fsp3) is 0.429. The summed E-state index contributed by atoms with van der Waals surface area (Å²) in [5.74, 6) is -0.600. The van der Waals surface area contributed by atoms with Crippen molar-refractivity contribution in [3.8, 4) is 0 Å². The second-order valence-electron chi connectivity index (χ2n) is 5.63. The van der Waals surface area contributed by atoms with Gasteiger partial charge in [0.15, 0.2) is 0 Å². The van der Waals surface area contributed by atoms with Crippen LogP contribution in [0.4, 0.5) is 4.79 Å². The molecule has 120 valence electrons. The molecule has 0 aliphatic carbocycles. The third-order valence-corrected chi connectivity index (χ3v) is 2.45. The van der Waals surface area contributed by atoms with Crippen molar-refractivity contribution in [3.05, 3.63) is 29.8 Å². The average Bonchev–Trinajstić information content (AvgIpc) is 2.41. The summed E-state index contributed by atoms with van der Waals surface area (Å²) in [6, 6.07) is 6.27. The SMILES string of the molecule is CC(C)(C)OC(=O)NCC(=O)OCc1ccc(B(O)O)cc1. The van der Waals surface area contributed by atoms with Crippen LogP contribution in [0.25, 0.3) is 0 Å². The maximum Gasteiger partial charge on any atom is 0.488 e. The van der Waals surface area contributed by atoms with E-state index in [1.165, 1.54) is 12.1 Å². The molecule has 0 saturated carbocycles. The summed E-state index contributed by atoms with van der Waals surface area (Å²) in [6.07, 6.45) is -0.689. The van der Waals surface area contributed by atoms with Crippen molar-refractivity contribution in [2.24, 2.45) is 0 Å². The topological polar surface area (TPSA) is 105 Å². The lowest BCUT2D eigenvalue weighted by atomic mass is 9.80. The van der Waals surface area contributed by atoms with E-state index in [2.05, 4.69) is 5.32 Å². The predicted octanol–water partition coefficient (Wildman–Crippen LogP) is -0.0657. The van der Waals surface area contributed by atoms with Crippen LogP contribution in [0.1, 0.15) is 26.3 Å². The molecule has 0 spiro atoms. The molecular formula is C14H20BNO6. The molecule has 0 radical (unpaired) electrons. The molecule has 1 aromatic rings. The summed E-state index contributed by atoms with van der Waals surface area (Å²) >= 11 is 0. The summed E-state index contributed by atoms with van der Waals surface area (Å²) in [7, 11) is -1.53. The van der Waals surface area contributed by atoms with Crippen LogP contribution in [0.3, 0.4) is 0 Å². The van der Waals surface area contributed by atoms with E-state index in [1.807, 2.05) is 0 Å². The van der Waals surface area contributed by atoms with Crippen LogP contribution in [0.2, 0.25) is 0 Å². The first-order valence-electron chi connectivity index (χ1n) is 6.75. The highest BCUT2D eigenvalue weighted by molar-refractivity contribution is 6.58. The molecule has 22 heavy (non-hydrogen) atoms. The standard InChI is InChI=1S/C14H20BNO6/c1-14(2,3)22-13(18)16-8-12(17)21-9-10-4-6-11(7-5-10)15(19)20/h4-7,19-20H,8-9H2,1-3H3,(H,16,18). The molecule has 0 fully saturated rings. The van der Waals surface area contributed by atoms with E-state index >= 15 is 0 Å². The monoisotopic (exact) mass is 309 g/mol. The quantitative estimate of drug-likeness (QED) is 0.520. The molecule has 0 heterocycles. The number of carbonyl (C=O) groups excluding carboxylic acids is 2. The highest BCUT2D eigenvalue weighted by Crippen LogP contribution is 2.06. The zero-order valence-corrected chi connectivity index (χ0v) is 12.8. The van der Waals surface area contributed by atoms with Gasteiger partial charge in [-0.3, -0.25) is 4.79 Å². The molecule has 1 aromatic carbocycles. The lowest BCUT2D eigenvalue weighted by Crippen LogP contribution is -2.36. The highest BCUT2D eigenvalue weighted by atomic mass is 16.6. The Morgan fingerprint density at radius 1 is 1.18 bits per heavy atom. The minimum Gasteiger partial charge on any atom is -0.460 e. The van der Waals surface area contributed by atoms with Crippen LogP contribution in [0.5, 0.6) is 0 Å². The third-order valence-electron chi connectivity index (χ3n) is 2.45. The van der Waals surface area contributed by atoms with E-state index in [9.17, 15) is 9.59 Å².